The summed E-state index contributed by atoms with van der Waals surface area (Å²) in [6.45, 7) is 1.67. The summed E-state index contributed by atoms with van der Waals surface area (Å²) < 4.78 is 5.27. The molecule has 3 aromatic rings. The Kier molecular flexibility index (Phi) is 5.23. The fourth-order valence-electron chi connectivity index (χ4n) is 3.57. The van der Waals surface area contributed by atoms with Crippen molar-refractivity contribution in [3.8, 4) is 5.75 Å². The third-order valence-corrected chi connectivity index (χ3v) is 5.93. The predicted octanol–water partition coefficient (Wildman–Crippen LogP) is 4.49. The van der Waals surface area contributed by atoms with Crippen LogP contribution in [-0.2, 0) is 17.8 Å². The maximum atomic E-state index is 13.3. The van der Waals surface area contributed by atoms with E-state index in [0.717, 1.165) is 36.5 Å². The molecule has 4 rings (SSSR count). The average molecular weight is 378 g/mol. The van der Waals surface area contributed by atoms with Crippen LogP contribution in [0.1, 0.15) is 22.0 Å². The largest absolute Gasteiger partial charge is 0.497 e. The highest BCUT2D eigenvalue weighted by molar-refractivity contribution is 7.10. The summed E-state index contributed by atoms with van der Waals surface area (Å²) in [7, 11) is 1.62. The summed E-state index contributed by atoms with van der Waals surface area (Å²) in [5.41, 5.74) is 3.09. The molecule has 138 valence electrons. The molecule has 0 spiro atoms. The van der Waals surface area contributed by atoms with Gasteiger partial charge in [0.05, 0.1) is 7.11 Å². The first-order chi connectivity index (χ1) is 13.2. The third kappa shape index (κ3) is 3.89. The van der Waals surface area contributed by atoms with Crippen molar-refractivity contribution >= 4 is 22.9 Å². The number of nitrogens with zero attached hydrogens (tertiary/aromatic N) is 1. The Morgan fingerprint density at radius 3 is 2.81 bits per heavy atom. The Bertz CT molecular complexity index is 923. The first-order valence-electron chi connectivity index (χ1n) is 9.04. The first-order valence-corrected chi connectivity index (χ1v) is 9.92. The van der Waals surface area contributed by atoms with Crippen LogP contribution in [0.3, 0.4) is 0 Å². The maximum Gasteiger partial charge on any atom is 0.246 e. The number of methoxy groups -OCH3 is 1. The van der Waals surface area contributed by atoms with Gasteiger partial charge in [0.2, 0.25) is 5.91 Å². The molecule has 0 radical (unpaired) electrons. The van der Waals surface area contributed by atoms with Crippen molar-refractivity contribution in [3.05, 3.63) is 82.0 Å². The molecule has 1 amide bonds. The van der Waals surface area contributed by atoms with E-state index in [1.165, 1.54) is 10.4 Å². The number of rotatable bonds is 5. The standard InChI is InChI=1S/C22H22N2O2S/c1-26-19-9-5-8-18(14-19)23-22(25)21(16-6-3-2-4-7-16)24-12-10-20-17(15-24)11-13-27-20/h2-9,11,13-14,21H,10,12,15H2,1H3,(H,23,25)/t21-/m0/s1. The topological polar surface area (TPSA) is 41.6 Å². The lowest BCUT2D eigenvalue weighted by Gasteiger charge is -2.34. The summed E-state index contributed by atoms with van der Waals surface area (Å²) >= 11 is 1.81. The lowest BCUT2D eigenvalue weighted by molar-refractivity contribution is -0.121. The summed E-state index contributed by atoms with van der Waals surface area (Å²) in [6, 6.07) is 19.3. The van der Waals surface area contributed by atoms with Gasteiger partial charge in [-0.2, -0.15) is 0 Å². The highest BCUT2D eigenvalue weighted by Gasteiger charge is 2.30. The molecule has 0 unspecified atom stereocenters. The van der Waals surface area contributed by atoms with Crippen molar-refractivity contribution < 1.29 is 9.53 Å². The van der Waals surface area contributed by atoms with Crippen LogP contribution in [0.2, 0.25) is 0 Å². The molecule has 0 bridgehead atoms. The van der Waals surface area contributed by atoms with Gasteiger partial charge in [-0.15, -0.1) is 11.3 Å². The van der Waals surface area contributed by atoms with Gasteiger partial charge in [-0.05, 0) is 41.1 Å². The van der Waals surface area contributed by atoms with Gasteiger partial charge in [0.15, 0.2) is 0 Å². The second-order valence-electron chi connectivity index (χ2n) is 6.62. The molecule has 5 heteroatoms. The number of carbonyl (C=O) groups excluding carboxylic acids is 1. The van der Waals surface area contributed by atoms with Crippen LogP contribution in [0.15, 0.2) is 66.0 Å². The van der Waals surface area contributed by atoms with E-state index in [4.69, 9.17) is 4.74 Å². The number of hydrogen-bond donors (Lipinski definition) is 1. The van der Waals surface area contributed by atoms with Gasteiger partial charge in [0.25, 0.3) is 0 Å². The molecule has 0 saturated carbocycles. The number of anilines is 1. The fourth-order valence-corrected chi connectivity index (χ4v) is 4.46. The molecule has 2 aromatic carbocycles. The zero-order valence-corrected chi connectivity index (χ0v) is 16.0. The number of nitrogens with one attached hydrogen (secondary N) is 1. The van der Waals surface area contributed by atoms with Crippen molar-refractivity contribution in [2.75, 3.05) is 19.0 Å². The Morgan fingerprint density at radius 1 is 1.15 bits per heavy atom. The van der Waals surface area contributed by atoms with Crippen molar-refractivity contribution in [1.82, 2.24) is 4.90 Å². The SMILES string of the molecule is COc1cccc(NC(=O)[C@H](c2ccccc2)N2CCc3sccc3C2)c1. The van der Waals surface area contributed by atoms with Gasteiger partial charge in [-0.25, -0.2) is 0 Å². The van der Waals surface area contributed by atoms with Crippen LogP contribution in [0, 0.1) is 0 Å². The number of amides is 1. The quantitative estimate of drug-likeness (QED) is 0.711. The number of benzene rings is 2. The second kappa shape index (κ2) is 7.94. The Morgan fingerprint density at radius 2 is 2.00 bits per heavy atom. The Balaban J connectivity index is 1.61. The molecule has 1 aromatic heterocycles. The van der Waals surface area contributed by atoms with Crippen LogP contribution >= 0.6 is 11.3 Å². The summed E-state index contributed by atoms with van der Waals surface area (Å²) in [5.74, 6) is 0.707. The van der Waals surface area contributed by atoms with Crippen LogP contribution in [0.25, 0.3) is 0 Å². The Hall–Kier alpha value is -2.63. The van der Waals surface area contributed by atoms with E-state index in [1.807, 2.05) is 65.9 Å². The van der Waals surface area contributed by atoms with Crippen molar-refractivity contribution in [3.63, 3.8) is 0 Å². The van der Waals surface area contributed by atoms with E-state index in [2.05, 4.69) is 21.7 Å². The summed E-state index contributed by atoms with van der Waals surface area (Å²) in [4.78, 5) is 17.0. The summed E-state index contributed by atoms with van der Waals surface area (Å²) in [5, 5.41) is 5.21. The molecule has 1 aliphatic heterocycles. The van der Waals surface area contributed by atoms with E-state index >= 15 is 0 Å². The van der Waals surface area contributed by atoms with E-state index in [-0.39, 0.29) is 11.9 Å². The minimum atomic E-state index is -0.328. The third-order valence-electron chi connectivity index (χ3n) is 4.90. The van der Waals surface area contributed by atoms with Gasteiger partial charge in [-0.1, -0.05) is 36.4 Å². The van der Waals surface area contributed by atoms with Gasteiger partial charge >= 0.3 is 0 Å². The monoisotopic (exact) mass is 378 g/mol. The molecule has 4 nitrogen and oxygen atoms in total. The molecule has 0 aliphatic carbocycles. The van der Waals surface area contributed by atoms with Gasteiger partial charge < -0.3 is 10.1 Å². The highest BCUT2D eigenvalue weighted by Crippen LogP contribution is 2.31. The zero-order chi connectivity index (χ0) is 18.6. The van der Waals surface area contributed by atoms with Crippen molar-refractivity contribution in [2.45, 2.75) is 19.0 Å². The lowest BCUT2D eigenvalue weighted by atomic mass is 10.0. The molecule has 1 N–H and O–H groups in total. The van der Waals surface area contributed by atoms with Crippen molar-refractivity contribution in [1.29, 1.82) is 0 Å². The number of ether oxygens (including phenoxy) is 1. The molecule has 27 heavy (non-hydrogen) atoms. The van der Waals surface area contributed by atoms with Gasteiger partial charge in [0.1, 0.15) is 11.8 Å². The normalized spacial score (nSPS) is 15.0. The highest BCUT2D eigenvalue weighted by atomic mass is 32.1. The van der Waals surface area contributed by atoms with E-state index < -0.39 is 0 Å². The zero-order valence-electron chi connectivity index (χ0n) is 15.2. The molecule has 0 saturated heterocycles. The van der Waals surface area contributed by atoms with E-state index in [0.29, 0.717) is 0 Å². The minimum Gasteiger partial charge on any atom is -0.497 e. The predicted molar refractivity (Wildman–Crippen MR) is 109 cm³/mol. The van der Waals surface area contributed by atoms with Crippen molar-refractivity contribution in [2.24, 2.45) is 0 Å². The van der Waals surface area contributed by atoms with E-state index in [9.17, 15) is 4.79 Å². The van der Waals surface area contributed by atoms with Crippen LogP contribution in [-0.4, -0.2) is 24.5 Å². The molecular weight excluding hydrogens is 356 g/mol. The molecular formula is C22H22N2O2S. The number of thiophene rings is 1. The number of hydrogen-bond acceptors (Lipinski definition) is 4. The molecule has 0 fully saturated rings. The van der Waals surface area contributed by atoms with Crippen LogP contribution in [0.5, 0.6) is 5.75 Å². The van der Waals surface area contributed by atoms with Gasteiger partial charge in [0, 0.05) is 29.7 Å². The number of carbonyl (C=O) groups is 1. The van der Waals surface area contributed by atoms with Gasteiger partial charge in [-0.3, -0.25) is 9.69 Å². The maximum absolute atomic E-state index is 13.3. The first kappa shape index (κ1) is 17.8. The van der Waals surface area contributed by atoms with Crippen LogP contribution < -0.4 is 10.1 Å². The molecule has 2 heterocycles. The van der Waals surface area contributed by atoms with E-state index in [1.54, 1.807) is 7.11 Å². The molecule has 1 atom stereocenters. The Labute approximate surface area is 163 Å². The lowest BCUT2D eigenvalue weighted by Crippen LogP contribution is -2.40. The molecule has 1 aliphatic rings. The number of fused-ring (bicyclic) bond motifs is 1. The second-order valence-corrected chi connectivity index (χ2v) is 7.62. The fraction of sp³-hybridized carbons (Fsp3) is 0.227. The van der Waals surface area contributed by atoms with Crippen LogP contribution in [0.4, 0.5) is 5.69 Å². The summed E-state index contributed by atoms with van der Waals surface area (Å²) in [6.07, 6.45) is 0.989. The smallest absolute Gasteiger partial charge is 0.246 e. The minimum absolute atomic E-state index is 0.0202. The average Bonchev–Trinajstić information content (AvgIpc) is 3.17.